The predicted molar refractivity (Wildman–Crippen MR) is 138 cm³/mol. The quantitative estimate of drug-likeness (QED) is 0.363. The van der Waals surface area contributed by atoms with Gasteiger partial charge in [0.25, 0.3) is 0 Å². The average Bonchev–Trinajstić information content (AvgIpc) is 3.41. The maximum absolute atomic E-state index is 14.3. The lowest BCUT2D eigenvalue weighted by Crippen LogP contribution is -2.36. The van der Waals surface area contributed by atoms with Crippen LogP contribution in [0.25, 0.3) is 16.6 Å². The van der Waals surface area contributed by atoms with Crippen LogP contribution in [-0.4, -0.2) is 51.4 Å². The lowest BCUT2D eigenvalue weighted by molar-refractivity contribution is 0.221. The molecule has 1 aromatic carbocycles. The van der Waals surface area contributed by atoms with Crippen LogP contribution in [-0.2, 0) is 22.9 Å². The van der Waals surface area contributed by atoms with Crippen LogP contribution in [0.3, 0.4) is 0 Å². The van der Waals surface area contributed by atoms with Crippen molar-refractivity contribution in [3.63, 3.8) is 0 Å². The van der Waals surface area contributed by atoms with Crippen molar-refractivity contribution in [2.24, 2.45) is 0 Å². The standard InChI is InChI=1S/C26H28FN7O2S/c1-26(2,27)13-32-37(35,36)25-21-9-20(33-19-5-6-24(30-12-19)34-15-28-14-31-34)8-17(21)7-18-11-29-23(10-22(18)25)16-3-4-16/h5-7,10-12,14-16,20,32-33H,3-4,8-9,13H2,1-2H3/t20-/m1/s1. The molecule has 6 rings (SSSR count). The predicted octanol–water partition coefficient (Wildman–Crippen LogP) is 3.69. The summed E-state index contributed by atoms with van der Waals surface area (Å²) in [6.45, 7) is 2.42. The van der Waals surface area contributed by atoms with E-state index in [2.05, 4.69) is 30.1 Å². The van der Waals surface area contributed by atoms with E-state index in [0.29, 0.717) is 30.0 Å². The summed E-state index contributed by atoms with van der Waals surface area (Å²) in [4.78, 5) is 13.2. The van der Waals surface area contributed by atoms with Gasteiger partial charge in [0.15, 0.2) is 5.82 Å². The zero-order valence-electron chi connectivity index (χ0n) is 20.6. The highest BCUT2D eigenvalue weighted by Crippen LogP contribution is 2.42. The molecule has 2 aliphatic carbocycles. The Balaban J connectivity index is 1.34. The average molecular weight is 522 g/mol. The number of pyridine rings is 2. The van der Waals surface area contributed by atoms with Gasteiger partial charge in [0.1, 0.15) is 18.3 Å². The van der Waals surface area contributed by atoms with Crippen LogP contribution in [0, 0.1) is 0 Å². The van der Waals surface area contributed by atoms with Gasteiger partial charge in [-0.15, -0.1) is 0 Å². The van der Waals surface area contributed by atoms with Gasteiger partial charge in [-0.1, -0.05) is 0 Å². The molecule has 2 aliphatic rings. The molecule has 11 heteroatoms. The van der Waals surface area contributed by atoms with Crippen molar-refractivity contribution in [3.05, 3.63) is 66.1 Å². The van der Waals surface area contributed by atoms with E-state index in [1.807, 2.05) is 24.3 Å². The zero-order chi connectivity index (χ0) is 25.8. The van der Waals surface area contributed by atoms with Gasteiger partial charge in [0, 0.05) is 41.2 Å². The van der Waals surface area contributed by atoms with Crippen LogP contribution in [0.4, 0.5) is 10.1 Å². The topological polar surface area (TPSA) is 115 Å². The fourth-order valence-electron chi connectivity index (χ4n) is 4.89. The fraction of sp³-hybridized carbons (Fsp3) is 0.385. The molecule has 37 heavy (non-hydrogen) atoms. The van der Waals surface area contributed by atoms with E-state index in [-0.39, 0.29) is 17.5 Å². The number of hydrogen-bond donors (Lipinski definition) is 2. The SMILES string of the molecule is CC(C)(F)CNS(=O)(=O)c1c2c(cc3cnc(C4CC4)cc13)C[C@@H](Nc1ccc(-n3cncn3)nc1)C2. The van der Waals surface area contributed by atoms with Crippen molar-refractivity contribution in [2.75, 3.05) is 11.9 Å². The number of fused-ring (bicyclic) bond motifs is 2. The molecule has 2 N–H and O–H groups in total. The number of aromatic nitrogens is 5. The third-order valence-electron chi connectivity index (χ3n) is 6.83. The minimum absolute atomic E-state index is 0.0201. The number of anilines is 1. The first-order chi connectivity index (χ1) is 17.7. The minimum Gasteiger partial charge on any atom is -0.380 e. The molecular weight excluding hydrogens is 493 g/mol. The molecule has 192 valence electrons. The highest BCUT2D eigenvalue weighted by atomic mass is 32.2. The van der Waals surface area contributed by atoms with Gasteiger partial charge < -0.3 is 5.32 Å². The molecule has 9 nitrogen and oxygen atoms in total. The molecule has 1 saturated carbocycles. The Bertz CT molecular complexity index is 1560. The Morgan fingerprint density at radius 3 is 2.65 bits per heavy atom. The maximum Gasteiger partial charge on any atom is 0.241 e. The van der Waals surface area contributed by atoms with Crippen molar-refractivity contribution in [1.82, 2.24) is 29.5 Å². The summed E-state index contributed by atoms with van der Waals surface area (Å²) in [6, 6.07) is 7.69. The lowest BCUT2D eigenvalue weighted by atomic mass is 10.0. The van der Waals surface area contributed by atoms with E-state index in [0.717, 1.165) is 40.7 Å². The van der Waals surface area contributed by atoms with E-state index >= 15 is 0 Å². The van der Waals surface area contributed by atoms with Gasteiger partial charge in [-0.2, -0.15) is 5.10 Å². The Hall–Kier alpha value is -3.44. The number of rotatable bonds is 8. The van der Waals surface area contributed by atoms with Crippen LogP contribution < -0.4 is 10.0 Å². The van der Waals surface area contributed by atoms with Gasteiger partial charge in [-0.25, -0.2) is 32.2 Å². The van der Waals surface area contributed by atoms with Gasteiger partial charge in [0.2, 0.25) is 10.0 Å². The fourth-order valence-corrected chi connectivity index (χ4v) is 6.57. The maximum atomic E-state index is 14.3. The first kappa shape index (κ1) is 23.9. The summed E-state index contributed by atoms with van der Waals surface area (Å²) < 4.78 is 45.6. The van der Waals surface area contributed by atoms with E-state index in [9.17, 15) is 12.8 Å². The highest BCUT2D eigenvalue weighted by Gasteiger charge is 2.33. The number of alkyl halides is 1. The van der Waals surface area contributed by atoms with Crippen LogP contribution >= 0.6 is 0 Å². The summed E-state index contributed by atoms with van der Waals surface area (Å²) in [7, 11) is -3.97. The van der Waals surface area contributed by atoms with Crippen LogP contribution in [0.2, 0.25) is 0 Å². The van der Waals surface area contributed by atoms with Crippen LogP contribution in [0.5, 0.6) is 0 Å². The van der Waals surface area contributed by atoms with E-state index in [1.54, 1.807) is 23.4 Å². The molecule has 0 aliphatic heterocycles. The second-order valence-corrected chi connectivity index (χ2v) is 12.2. The van der Waals surface area contributed by atoms with E-state index < -0.39 is 15.7 Å². The Kier molecular flexibility index (Phi) is 5.72. The smallest absolute Gasteiger partial charge is 0.241 e. The number of benzene rings is 1. The zero-order valence-corrected chi connectivity index (χ0v) is 21.5. The largest absolute Gasteiger partial charge is 0.380 e. The molecular formula is C26H28FN7O2S. The number of nitrogens with one attached hydrogen (secondary N) is 2. The first-order valence-electron chi connectivity index (χ1n) is 12.4. The normalized spacial score (nSPS) is 17.8. The van der Waals surface area contributed by atoms with Crippen molar-refractivity contribution < 1.29 is 12.8 Å². The summed E-state index contributed by atoms with van der Waals surface area (Å²) in [5.41, 5.74) is 1.80. The molecule has 0 unspecified atom stereocenters. The summed E-state index contributed by atoms with van der Waals surface area (Å²) in [5, 5.41) is 9.01. The Labute approximate surface area is 214 Å². The summed E-state index contributed by atoms with van der Waals surface area (Å²) in [5.74, 6) is 1.03. The second-order valence-electron chi connectivity index (χ2n) is 10.5. The molecule has 3 aromatic heterocycles. The summed E-state index contributed by atoms with van der Waals surface area (Å²) in [6.07, 6.45) is 9.83. The van der Waals surface area contributed by atoms with Crippen molar-refractivity contribution in [1.29, 1.82) is 0 Å². The van der Waals surface area contributed by atoms with Crippen molar-refractivity contribution >= 4 is 26.5 Å². The van der Waals surface area contributed by atoms with E-state index in [1.165, 1.54) is 20.2 Å². The highest BCUT2D eigenvalue weighted by molar-refractivity contribution is 7.89. The van der Waals surface area contributed by atoms with E-state index in [4.69, 9.17) is 0 Å². The molecule has 1 fully saturated rings. The Morgan fingerprint density at radius 1 is 1.14 bits per heavy atom. The molecule has 0 bridgehead atoms. The minimum atomic E-state index is -3.97. The molecule has 3 heterocycles. The van der Waals surface area contributed by atoms with Gasteiger partial charge in [0.05, 0.1) is 16.8 Å². The first-order valence-corrected chi connectivity index (χ1v) is 13.9. The van der Waals surface area contributed by atoms with Crippen LogP contribution in [0.15, 0.2) is 54.2 Å². The van der Waals surface area contributed by atoms with Crippen molar-refractivity contribution in [2.45, 2.75) is 62.1 Å². The summed E-state index contributed by atoms with van der Waals surface area (Å²) >= 11 is 0. The molecule has 0 saturated heterocycles. The molecule has 4 aromatic rings. The molecule has 1 atom stereocenters. The number of halogens is 1. The van der Waals surface area contributed by atoms with Crippen molar-refractivity contribution in [3.8, 4) is 5.82 Å². The third-order valence-corrected chi connectivity index (χ3v) is 8.36. The van der Waals surface area contributed by atoms with Gasteiger partial charge in [-0.3, -0.25) is 4.98 Å². The molecule has 0 amide bonds. The second kappa shape index (κ2) is 8.84. The van der Waals surface area contributed by atoms with Gasteiger partial charge in [-0.05, 0) is 74.9 Å². The van der Waals surface area contributed by atoms with Crippen LogP contribution in [0.1, 0.15) is 49.4 Å². The monoisotopic (exact) mass is 521 g/mol. The number of sulfonamides is 1. The van der Waals surface area contributed by atoms with Gasteiger partial charge >= 0.3 is 0 Å². The third kappa shape index (κ3) is 4.93. The lowest BCUT2D eigenvalue weighted by Gasteiger charge is -2.18. The number of nitrogens with zero attached hydrogens (tertiary/aromatic N) is 5. The molecule has 0 radical (unpaired) electrons. The Morgan fingerprint density at radius 2 is 1.97 bits per heavy atom. The number of hydrogen-bond acceptors (Lipinski definition) is 7. The molecule has 0 spiro atoms.